The number of carboxylic acid groups (broad SMARTS) is 1. The van der Waals surface area contributed by atoms with Crippen molar-refractivity contribution in [2.45, 2.75) is 51.0 Å². The van der Waals surface area contributed by atoms with Crippen LogP contribution in [-0.4, -0.2) is 60.0 Å². The highest BCUT2D eigenvalue weighted by atomic mass is 16.5. The molecule has 0 aliphatic carbocycles. The molecule has 0 spiro atoms. The molecule has 5 nitrogen and oxygen atoms in total. The molecule has 0 aromatic rings. The van der Waals surface area contributed by atoms with Crippen LogP contribution in [0.2, 0.25) is 0 Å². The van der Waals surface area contributed by atoms with E-state index in [-0.39, 0.29) is 12.2 Å². The molecule has 0 radical (unpaired) electrons. The highest BCUT2D eigenvalue weighted by Crippen LogP contribution is 2.26. The summed E-state index contributed by atoms with van der Waals surface area (Å²) < 4.78 is 11.0. The van der Waals surface area contributed by atoms with Gasteiger partial charge in [0.2, 0.25) is 0 Å². The zero-order valence-electron chi connectivity index (χ0n) is 10.5. The van der Waals surface area contributed by atoms with Gasteiger partial charge in [0.25, 0.3) is 0 Å². The maximum absolute atomic E-state index is 11.2. The maximum Gasteiger partial charge on any atom is 0.323 e. The van der Waals surface area contributed by atoms with Gasteiger partial charge in [0, 0.05) is 12.6 Å². The van der Waals surface area contributed by atoms with E-state index in [9.17, 15) is 9.90 Å². The van der Waals surface area contributed by atoms with Crippen LogP contribution in [0.1, 0.15) is 26.7 Å². The van der Waals surface area contributed by atoms with Gasteiger partial charge in [-0.25, -0.2) is 0 Å². The summed E-state index contributed by atoms with van der Waals surface area (Å²) >= 11 is 0. The Morgan fingerprint density at radius 2 is 1.94 bits per heavy atom. The van der Waals surface area contributed by atoms with Crippen molar-refractivity contribution in [2.24, 2.45) is 0 Å². The maximum atomic E-state index is 11.2. The minimum absolute atomic E-state index is 0.209. The lowest BCUT2D eigenvalue weighted by Gasteiger charge is -2.43. The summed E-state index contributed by atoms with van der Waals surface area (Å²) in [6.07, 6.45) is 2.24. The van der Waals surface area contributed by atoms with E-state index in [1.807, 2.05) is 0 Å². The van der Waals surface area contributed by atoms with Gasteiger partial charge >= 0.3 is 5.97 Å². The van der Waals surface area contributed by atoms with Crippen molar-refractivity contribution in [1.29, 1.82) is 0 Å². The van der Waals surface area contributed by atoms with Crippen molar-refractivity contribution in [3.63, 3.8) is 0 Å². The van der Waals surface area contributed by atoms with E-state index in [0.717, 1.165) is 12.8 Å². The fourth-order valence-electron chi connectivity index (χ4n) is 2.91. The second-order valence-corrected chi connectivity index (χ2v) is 5.05. The molecule has 2 rings (SSSR count). The van der Waals surface area contributed by atoms with Gasteiger partial charge in [0.1, 0.15) is 6.04 Å². The van der Waals surface area contributed by atoms with Gasteiger partial charge in [-0.3, -0.25) is 9.69 Å². The molecule has 2 fully saturated rings. The molecule has 2 heterocycles. The molecule has 1 N–H and O–H groups in total. The van der Waals surface area contributed by atoms with Crippen LogP contribution in [0.4, 0.5) is 0 Å². The van der Waals surface area contributed by atoms with E-state index in [4.69, 9.17) is 9.47 Å². The number of morpholine rings is 1. The van der Waals surface area contributed by atoms with Gasteiger partial charge in [0.15, 0.2) is 0 Å². The minimum atomic E-state index is -0.781. The number of aliphatic carboxylic acids is 1. The number of rotatable bonds is 2. The second-order valence-electron chi connectivity index (χ2n) is 5.05. The molecule has 98 valence electrons. The summed E-state index contributed by atoms with van der Waals surface area (Å²) in [7, 11) is 0. The van der Waals surface area contributed by atoms with Crippen molar-refractivity contribution in [3.8, 4) is 0 Å². The van der Waals surface area contributed by atoms with E-state index >= 15 is 0 Å². The first-order valence-corrected chi connectivity index (χ1v) is 6.29. The lowest BCUT2D eigenvalue weighted by Crippen LogP contribution is -2.56. The lowest BCUT2D eigenvalue weighted by atomic mass is 9.96. The van der Waals surface area contributed by atoms with Crippen molar-refractivity contribution < 1.29 is 19.4 Å². The van der Waals surface area contributed by atoms with Crippen molar-refractivity contribution >= 4 is 5.97 Å². The average molecular weight is 243 g/mol. The quantitative estimate of drug-likeness (QED) is 0.774. The normalized spacial score (nSPS) is 40.1. The molecule has 0 bridgehead atoms. The Kier molecular flexibility index (Phi) is 4.01. The van der Waals surface area contributed by atoms with Crippen LogP contribution in [0.5, 0.6) is 0 Å². The molecular weight excluding hydrogens is 222 g/mol. The zero-order chi connectivity index (χ0) is 12.4. The van der Waals surface area contributed by atoms with Gasteiger partial charge in [-0.1, -0.05) is 0 Å². The Morgan fingerprint density at radius 3 is 2.53 bits per heavy atom. The van der Waals surface area contributed by atoms with Gasteiger partial charge in [-0.05, 0) is 26.7 Å². The summed E-state index contributed by atoms with van der Waals surface area (Å²) in [6.45, 7) is 5.75. The predicted octanol–water partition coefficient (Wildman–Crippen LogP) is 0.728. The summed E-state index contributed by atoms with van der Waals surface area (Å²) in [5.74, 6) is -0.781. The standard InChI is InChI=1S/C12H21NO4/c1-8-5-10(6-9(2)17-8)13-3-4-16-7-11(13)12(14)15/h8-11H,3-7H2,1-2H3,(H,14,15). The molecule has 17 heavy (non-hydrogen) atoms. The van der Waals surface area contributed by atoms with Crippen LogP contribution in [0.3, 0.4) is 0 Å². The summed E-state index contributed by atoms with van der Waals surface area (Å²) in [4.78, 5) is 13.3. The first-order chi connectivity index (χ1) is 8.08. The fourth-order valence-corrected chi connectivity index (χ4v) is 2.91. The van der Waals surface area contributed by atoms with E-state index in [0.29, 0.717) is 25.8 Å². The van der Waals surface area contributed by atoms with Crippen LogP contribution in [0.15, 0.2) is 0 Å². The fraction of sp³-hybridized carbons (Fsp3) is 0.917. The smallest absolute Gasteiger partial charge is 0.323 e. The van der Waals surface area contributed by atoms with Gasteiger partial charge < -0.3 is 14.6 Å². The Balaban J connectivity index is 2.05. The summed E-state index contributed by atoms with van der Waals surface area (Å²) in [6, 6.07) is -0.190. The van der Waals surface area contributed by atoms with E-state index < -0.39 is 12.0 Å². The Hall–Kier alpha value is -0.650. The van der Waals surface area contributed by atoms with Crippen molar-refractivity contribution in [3.05, 3.63) is 0 Å². The Labute approximate surface area is 102 Å². The molecule has 5 heteroatoms. The number of hydrogen-bond acceptors (Lipinski definition) is 4. The highest BCUT2D eigenvalue weighted by Gasteiger charge is 2.37. The topological polar surface area (TPSA) is 59.0 Å². The molecule has 3 atom stereocenters. The van der Waals surface area contributed by atoms with Crippen LogP contribution in [-0.2, 0) is 14.3 Å². The lowest BCUT2D eigenvalue weighted by molar-refractivity contribution is -0.156. The average Bonchev–Trinajstić information content (AvgIpc) is 2.27. The van der Waals surface area contributed by atoms with Gasteiger partial charge in [-0.15, -0.1) is 0 Å². The minimum Gasteiger partial charge on any atom is -0.480 e. The first kappa shape index (κ1) is 12.8. The number of ether oxygens (including phenoxy) is 2. The SMILES string of the molecule is CC1CC(N2CCOCC2C(=O)O)CC(C)O1. The van der Waals surface area contributed by atoms with Crippen LogP contribution < -0.4 is 0 Å². The molecular formula is C12H21NO4. The molecule has 0 aromatic carbocycles. The third-order valence-corrected chi connectivity index (χ3v) is 3.60. The number of hydrogen-bond donors (Lipinski definition) is 1. The number of nitrogens with zero attached hydrogens (tertiary/aromatic N) is 1. The summed E-state index contributed by atoms with van der Waals surface area (Å²) in [5, 5.41) is 9.22. The predicted molar refractivity (Wildman–Crippen MR) is 62.0 cm³/mol. The summed E-state index contributed by atoms with van der Waals surface area (Å²) in [5.41, 5.74) is 0. The van der Waals surface area contributed by atoms with Crippen LogP contribution >= 0.6 is 0 Å². The van der Waals surface area contributed by atoms with Crippen molar-refractivity contribution in [1.82, 2.24) is 4.90 Å². The molecule has 2 aliphatic heterocycles. The Bertz CT molecular complexity index is 274. The first-order valence-electron chi connectivity index (χ1n) is 6.29. The van der Waals surface area contributed by atoms with E-state index in [1.54, 1.807) is 0 Å². The van der Waals surface area contributed by atoms with E-state index in [1.165, 1.54) is 0 Å². The Morgan fingerprint density at radius 1 is 1.29 bits per heavy atom. The van der Waals surface area contributed by atoms with Crippen LogP contribution in [0, 0.1) is 0 Å². The van der Waals surface area contributed by atoms with Gasteiger partial charge in [0.05, 0.1) is 25.4 Å². The largest absolute Gasteiger partial charge is 0.480 e. The van der Waals surface area contributed by atoms with Crippen LogP contribution in [0.25, 0.3) is 0 Å². The second kappa shape index (κ2) is 5.33. The van der Waals surface area contributed by atoms with Crippen molar-refractivity contribution in [2.75, 3.05) is 19.8 Å². The monoisotopic (exact) mass is 243 g/mol. The highest BCUT2D eigenvalue weighted by molar-refractivity contribution is 5.73. The zero-order valence-corrected chi connectivity index (χ0v) is 10.5. The van der Waals surface area contributed by atoms with E-state index in [2.05, 4.69) is 18.7 Å². The molecule has 0 saturated carbocycles. The molecule has 2 aliphatic rings. The molecule has 0 amide bonds. The number of carboxylic acids is 1. The number of carbonyl (C=O) groups is 1. The van der Waals surface area contributed by atoms with Gasteiger partial charge in [-0.2, -0.15) is 0 Å². The molecule has 0 aromatic heterocycles. The molecule has 2 saturated heterocycles. The third-order valence-electron chi connectivity index (χ3n) is 3.60. The molecule has 3 unspecified atom stereocenters. The third kappa shape index (κ3) is 2.97.